The average molecular weight is 408 g/mol. The Morgan fingerprint density at radius 3 is 1.68 bits per heavy atom. The molecule has 0 amide bonds. The van der Waals surface area contributed by atoms with E-state index in [1.807, 2.05) is 0 Å². The molecule has 3 heteroatoms. The molecule has 0 bridgehead atoms. The van der Waals surface area contributed by atoms with E-state index in [0.717, 1.165) is 13.1 Å². The molecule has 0 aliphatic carbocycles. The van der Waals surface area contributed by atoms with Crippen LogP contribution in [0.2, 0.25) is 0 Å². The zero-order valence-corrected chi connectivity index (χ0v) is 17.2. The lowest BCUT2D eigenvalue weighted by molar-refractivity contribution is 0.256. The number of fused-ring (bicyclic) bond motifs is 2. The quantitative estimate of drug-likeness (QED) is 0.238. The van der Waals surface area contributed by atoms with E-state index >= 15 is 0 Å². The smallest absolute Gasteiger partial charge is 0.0614 e. The van der Waals surface area contributed by atoms with Gasteiger partial charge in [-0.25, -0.2) is 0 Å². The first-order chi connectivity index (χ1) is 13.8. The zero-order chi connectivity index (χ0) is 19.3. The summed E-state index contributed by atoms with van der Waals surface area (Å²) in [6.07, 6.45) is 0. The first-order valence-corrected chi connectivity index (χ1v) is 10.7. The van der Waals surface area contributed by atoms with Crippen molar-refractivity contribution in [1.82, 2.24) is 4.90 Å². The van der Waals surface area contributed by atoms with E-state index in [9.17, 15) is 0 Å². The summed E-state index contributed by atoms with van der Waals surface area (Å²) in [6, 6.07) is 30.4. The van der Waals surface area contributed by atoms with Crippen LogP contribution in [0.25, 0.3) is 21.5 Å². The first kappa shape index (κ1) is 19.3. The minimum absolute atomic E-state index is 0.0923. The molecule has 0 aromatic heterocycles. The molecular formula is C25H23Cl2N. The van der Waals surface area contributed by atoms with Crippen LogP contribution in [-0.4, -0.2) is 29.7 Å². The molecule has 0 heterocycles. The van der Waals surface area contributed by atoms with Crippen LogP contribution >= 0.6 is 23.2 Å². The van der Waals surface area contributed by atoms with Crippen molar-refractivity contribution in [2.75, 3.05) is 24.8 Å². The second-order valence-corrected chi connectivity index (χ2v) is 7.72. The summed E-state index contributed by atoms with van der Waals surface area (Å²) in [5, 5.41) is 5.08. The van der Waals surface area contributed by atoms with Crippen molar-refractivity contribution in [3.63, 3.8) is 0 Å². The molecular weight excluding hydrogens is 385 g/mol. The van der Waals surface area contributed by atoms with Gasteiger partial charge in [-0.05, 0) is 38.7 Å². The van der Waals surface area contributed by atoms with Crippen molar-refractivity contribution in [1.29, 1.82) is 0 Å². The van der Waals surface area contributed by atoms with Gasteiger partial charge in [0.1, 0.15) is 0 Å². The monoisotopic (exact) mass is 407 g/mol. The predicted molar refractivity (Wildman–Crippen MR) is 123 cm³/mol. The lowest BCUT2D eigenvalue weighted by Crippen LogP contribution is -2.33. The van der Waals surface area contributed by atoms with Crippen molar-refractivity contribution in [2.45, 2.75) is 6.04 Å². The topological polar surface area (TPSA) is 3.24 Å². The molecule has 0 radical (unpaired) electrons. The highest BCUT2D eigenvalue weighted by molar-refractivity contribution is 6.18. The second kappa shape index (κ2) is 8.96. The third kappa shape index (κ3) is 3.75. The van der Waals surface area contributed by atoms with Crippen molar-refractivity contribution in [3.05, 3.63) is 96.1 Å². The Balaban J connectivity index is 2.05. The predicted octanol–water partition coefficient (Wildman–Crippen LogP) is 6.86. The number of alkyl halides is 2. The maximum Gasteiger partial charge on any atom is 0.0614 e. The van der Waals surface area contributed by atoms with E-state index in [2.05, 4.69) is 89.8 Å². The molecule has 4 rings (SSSR count). The third-order valence-corrected chi connectivity index (χ3v) is 5.65. The molecule has 0 aliphatic rings. The van der Waals surface area contributed by atoms with E-state index < -0.39 is 0 Å². The molecule has 1 nitrogen and oxygen atoms in total. The largest absolute Gasteiger partial charge is 0.290 e. The molecule has 1 unspecified atom stereocenters. The lowest BCUT2D eigenvalue weighted by Gasteiger charge is -2.33. The molecule has 1 atom stereocenters. The number of hydrogen-bond acceptors (Lipinski definition) is 1. The van der Waals surface area contributed by atoms with Crippen LogP contribution in [0.5, 0.6) is 0 Å². The van der Waals surface area contributed by atoms with E-state index in [0.29, 0.717) is 11.8 Å². The Hall–Kier alpha value is -2.06. The molecule has 0 saturated heterocycles. The summed E-state index contributed by atoms with van der Waals surface area (Å²) in [7, 11) is 0. The fourth-order valence-corrected chi connectivity index (χ4v) is 4.56. The van der Waals surface area contributed by atoms with Crippen LogP contribution < -0.4 is 0 Å². The number of benzene rings is 4. The molecule has 0 aliphatic heterocycles. The van der Waals surface area contributed by atoms with Gasteiger partial charge >= 0.3 is 0 Å². The van der Waals surface area contributed by atoms with Gasteiger partial charge in [-0.3, -0.25) is 4.90 Å². The second-order valence-electron chi connectivity index (χ2n) is 6.96. The van der Waals surface area contributed by atoms with Gasteiger partial charge < -0.3 is 0 Å². The number of nitrogens with zero attached hydrogens (tertiary/aromatic N) is 1. The van der Waals surface area contributed by atoms with Crippen molar-refractivity contribution < 1.29 is 0 Å². The molecule has 0 fully saturated rings. The van der Waals surface area contributed by atoms with Gasteiger partial charge in [-0.2, -0.15) is 0 Å². The molecule has 142 valence electrons. The van der Waals surface area contributed by atoms with E-state index in [1.165, 1.54) is 32.7 Å². The molecule has 28 heavy (non-hydrogen) atoms. The summed E-state index contributed by atoms with van der Waals surface area (Å²) in [4.78, 5) is 2.41. The highest BCUT2D eigenvalue weighted by Gasteiger charge is 2.25. The summed E-state index contributed by atoms with van der Waals surface area (Å²) >= 11 is 12.4. The number of hydrogen-bond donors (Lipinski definition) is 0. The van der Waals surface area contributed by atoms with Gasteiger partial charge in [0.15, 0.2) is 0 Å². The van der Waals surface area contributed by atoms with Gasteiger partial charge in [0.05, 0.1) is 6.04 Å². The summed E-state index contributed by atoms with van der Waals surface area (Å²) in [6.45, 7) is 1.57. The average Bonchev–Trinajstić information content (AvgIpc) is 2.74. The van der Waals surface area contributed by atoms with Crippen LogP contribution in [0.1, 0.15) is 17.2 Å². The van der Waals surface area contributed by atoms with Gasteiger partial charge in [-0.1, -0.05) is 78.9 Å². The van der Waals surface area contributed by atoms with Crippen LogP contribution in [0.3, 0.4) is 0 Å². The van der Waals surface area contributed by atoms with E-state index in [4.69, 9.17) is 23.2 Å². The zero-order valence-electron chi connectivity index (χ0n) is 15.7. The SMILES string of the molecule is ClCCN(CCCl)C(c1ccccc1)c1c2ccccc2cc2ccccc12. The van der Waals surface area contributed by atoms with Gasteiger partial charge in [0, 0.05) is 24.8 Å². The number of rotatable bonds is 7. The van der Waals surface area contributed by atoms with Gasteiger partial charge in [-0.15, -0.1) is 23.2 Å². The van der Waals surface area contributed by atoms with Crippen LogP contribution in [-0.2, 0) is 0 Å². The standard InChI is InChI=1S/C25H23Cl2N/c26-14-16-28(17-15-27)25(19-8-2-1-3-9-19)24-22-12-6-4-10-20(22)18-21-11-5-7-13-23(21)24/h1-13,18,25H,14-17H2. The van der Waals surface area contributed by atoms with Crippen molar-refractivity contribution in [3.8, 4) is 0 Å². The maximum absolute atomic E-state index is 6.20. The molecule has 0 N–H and O–H groups in total. The van der Waals surface area contributed by atoms with E-state index in [-0.39, 0.29) is 6.04 Å². The summed E-state index contributed by atoms with van der Waals surface area (Å²) < 4.78 is 0. The highest BCUT2D eigenvalue weighted by Crippen LogP contribution is 2.39. The molecule has 0 saturated carbocycles. The fourth-order valence-electron chi connectivity index (χ4n) is 4.13. The Morgan fingerprint density at radius 1 is 0.643 bits per heavy atom. The van der Waals surface area contributed by atoms with Crippen LogP contribution in [0.4, 0.5) is 0 Å². The van der Waals surface area contributed by atoms with Crippen LogP contribution in [0.15, 0.2) is 84.9 Å². The van der Waals surface area contributed by atoms with Crippen LogP contribution in [0, 0.1) is 0 Å². The lowest BCUT2D eigenvalue weighted by atomic mass is 9.88. The van der Waals surface area contributed by atoms with Gasteiger partial charge in [0.2, 0.25) is 0 Å². The molecule has 4 aromatic carbocycles. The maximum atomic E-state index is 6.20. The van der Waals surface area contributed by atoms with Crippen molar-refractivity contribution >= 4 is 44.7 Å². The third-order valence-electron chi connectivity index (χ3n) is 5.31. The summed E-state index contributed by atoms with van der Waals surface area (Å²) in [5.41, 5.74) is 2.59. The molecule has 4 aromatic rings. The molecule has 0 spiro atoms. The van der Waals surface area contributed by atoms with E-state index in [1.54, 1.807) is 0 Å². The minimum Gasteiger partial charge on any atom is -0.290 e. The Kier molecular flexibility index (Phi) is 6.17. The van der Waals surface area contributed by atoms with Crippen molar-refractivity contribution in [2.24, 2.45) is 0 Å². The Labute approximate surface area is 176 Å². The summed E-state index contributed by atoms with van der Waals surface area (Å²) in [5.74, 6) is 1.14. The fraction of sp³-hybridized carbons (Fsp3) is 0.200. The minimum atomic E-state index is 0.0923. The first-order valence-electron chi connectivity index (χ1n) is 9.65. The Bertz CT molecular complexity index is 1000. The number of halogens is 2. The Morgan fingerprint density at radius 2 is 1.14 bits per heavy atom. The normalized spacial score (nSPS) is 12.7. The highest BCUT2D eigenvalue weighted by atomic mass is 35.5. The van der Waals surface area contributed by atoms with Gasteiger partial charge in [0.25, 0.3) is 0 Å².